The molecule has 0 radical (unpaired) electrons. The van der Waals surface area contributed by atoms with Gasteiger partial charge in [0.1, 0.15) is 0 Å². The van der Waals surface area contributed by atoms with Crippen LogP contribution < -0.4 is 0 Å². The van der Waals surface area contributed by atoms with Gasteiger partial charge >= 0.3 is 0 Å². The molecule has 16 heavy (non-hydrogen) atoms. The summed E-state index contributed by atoms with van der Waals surface area (Å²) in [5, 5.41) is 10.2. The highest BCUT2D eigenvalue weighted by molar-refractivity contribution is 6.30. The van der Waals surface area contributed by atoms with Crippen LogP contribution in [-0.2, 0) is 6.42 Å². The molecule has 0 unspecified atom stereocenters. The summed E-state index contributed by atoms with van der Waals surface area (Å²) in [6, 6.07) is 10.4. The average molecular weight is 234 g/mol. The summed E-state index contributed by atoms with van der Waals surface area (Å²) in [5.74, 6) is 0. The number of hydrogen-bond acceptors (Lipinski definition) is 1. The molecular formula is C14H16ClN. The SMILES string of the molecule is N#CC1(Cc2cccc(Cl)c2)CCCCC1. The summed E-state index contributed by atoms with van der Waals surface area (Å²) >= 11 is 5.97. The molecule has 1 aliphatic rings. The van der Waals surface area contributed by atoms with Gasteiger partial charge in [-0.3, -0.25) is 0 Å². The molecular weight excluding hydrogens is 218 g/mol. The van der Waals surface area contributed by atoms with Gasteiger partial charge in [-0.05, 0) is 37.0 Å². The molecule has 0 aromatic heterocycles. The lowest BCUT2D eigenvalue weighted by molar-refractivity contribution is 0.266. The zero-order valence-electron chi connectivity index (χ0n) is 9.38. The van der Waals surface area contributed by atoms with Crippen molar-refractivity contribution in [2.45, 2.75) is 38.5 Å². The van der Waals surface area contributed by atoms with Gasteiger partial charge in [0.05, 0.1) is 11.5 Å². The van der Waals surface area contributed by atoms with E-state index in [9.17, 15) is 5.26 Å². The Morgan fingerprint density at radius 1 is 1.25 bits per heavy atom. The minimum absolute atomic E-state index is 0.136. The Kier molecular flexibility index (Phi) is 3.51. The quantitative estimate of drug-likeness (QED) is 0.745. The molecule has 2 heteroatoms. The molecule has 2 rings (SSSR count). The molecule has 0 amide bonds. The summed E-state index contributed by atoms with van der Waals surface area (Å²) < 4.78 is 0. The van der Waals surface area contributed by atoms with Crippen molar-refractivity contribution in [1.29, 1.82) is 5.26 Å². The molecule has 1 aromatic rings. The highest BCUT2D eigenvalue weighted by Gasteiger charge is 2.32. The van der Waals surface area contributed by atoms with Crippen molar-refractivity contribution in [3.63, 3.8) is 0 Å². The first-order valence-corrected chi connectivity index (χ1v) is 6.28. The van der Waals surface area contributed by atoms with Crippen molar-refractivity contribution in [3.05, 3.63) is 34.9 Å². The summed E-state index contributed by atoms with van der Waals surface area (Å²) in [7, 11) is 0. The van der Waals surface area contributed by atoms with E-state index < -0.39 is 0 Å². The fourth-order valence-electron chi connectivity index (χ4n) is 2.59. The zero-order valence-corrected chi connectivity index (χ0v) is 10.1. The maximum absolute atomic E-state index is 9.39. The van der Waals surface area contributed by atoms with Crippen LogP contribution in [0.25, 0.3) is 0 Å². The van der Waals surface area contributed by atoms with Gasteiger partial charge in [-0.25, -0.2) is 0 Å². The van der Waals surface area contributed by atoms with E-state index in [1.165, 1.54) is 24.8 Å². The molecule has 0 spiro atoms. The first-order valence-electron chi connectivity index (χ1n) is 5.90. The van der Waals surface area contributed by atoms with Crippen LogP contribution in [0.3, 0.4) is 0 Å². The molecule has 84 valence electrons. The Labute approximate surface area is 102 Å². The summed E-state index contributed by atoms with van der Waals surface area (Å²) in [6.07, 6.45) is 6.58. The lowest BCUT2D eigenvalue weighted by Gasteiger charge is -2.30. The van der Waals surface area contributed by atoms with Crippen LogP contribution in [0.4, 0.5) is 0 Å². The van der Waals surface area contributed by atoms with Crippen LogP contribution in [0.1, 0.15) is 37.7 Å². The maximum atomic E-state index is 9.39. The number of nitrogens with zero attached hydrogens (tertiary/aromatic N) is 1. The third kappa shape index (κ3) is 2.57. The van der Waals surface area contributed by atoms with E-state index in [0.29, 0.717) is 0 Å². The van der Waals surface area contributed by atoms with Gasteiger partial charge in [0.25, 0.3) is 0 Å². The van der Waals surface area contributed by atoms with E-state index in [1.54, 1.807) is 0 Å². The van der Waals surface area contributed by atoms with E-state index in [0.717, 1.165) is 24.3 Å². The van der Waals surface area contributed by atoms with Gasteiger partial charge in [-0.15, -0.1) is 0 Å². The fraction of sp³-hybridized carbons (Fsp3) is 0.500. The van der Waals surface area contributed by atoms with E-state index in [-0.39, 0.29) is 5.41 Å². The lowest BCUT2D eigenvalue weighted by Crippen LogP contribution is -2.24. The smallest absolute Gasteiger partial charge is 0.0693 e. The Balaban J connectivity index is 2.15. The fourth-order valence-corrected chi connectivity index (χ4v) is 2.81. The predicted octanol–water partition coefficient (Wildman–Crippen LogP) is 4.36. The molecule has 0 heterocycles. The third-order valence-electron chi connectivity index (χ3n) is 3.48. The Morgan fingerprint density at radius 2 is 2.00 bits per heavy atom. The largest absolute Gasteiger partial charge is 0.198 e. The third-order valence-corrected chi connectivity index (χ3v) is 3.71. The standard InChI is InChI=1S/C14H16ClN/c15-13-6-4-5-12(9-13)10-14(11-16)7-2-1-3-8-14/h4-6,9H,1-3,7-8,10H2. The van der Waals surface area contributed by atoms with E-state index in [1.807, 2.05) is 18.2 Å². The number of nitriles is 1. The predicted molar refractivity (Wildman–Crippen MR) is 66.3 cm³/mol. The van der Waals surface area contributed by atoms with Crippen LogP contribution >= 0.6 is 11.6 Å². The molecule has 1 nitrogen and oxygen atoms in total. The molecule has 0 bridgehead atoms. The number of halogens is 1. The lowest BCUT2D eigenvalue weighted by atomic mass is 9.71. The maximum Gasteiger partial charge on any atom is 0.0693 e. The molecule has 0 N–H and O–H groups in total. The summed E-state index contributed by atoms with van der Waals surface area (Å²) in [4.78, 5) is 0. The van der Waals surface area contributed by atoms with Gasteiger partial charge in [0.15, 0.2) is 0 Å². The average Bonchev–Trinajstić information content (AvgIpc) is 2.30. The van der Waals surface area contributed by atoms with Crippen molar-refractivity contribution < 1.29 is 0 Å². The molecule has 1 saturated carbocycles. The zero-order chi connectivity index (χ0) is 11.4. The number of rotatable bonds is 2. The van der Waals surface area contributed by atoms with Crippen LogP contribution in [-0.4, -0.2) is 0 Å². The van der Waals surface area contributed by atoms with E-state index in [2.05, 4.69) is 12.1 Å². The highest BCUT2D eigenvalue weighted by Crippen LogP contribution is 2.38. The molecule has 1 aliphatic carbocycles. The second kappa shape index (κ2) is 4.89. The van der Waals surface area contributed by atoms with Crippen LogP contribution in [0.15, 0.2) is 24.3 Å². The van der Waals surface area contributed by atoms with Crippen molar-refractivity contribution in [2.75, 3.05) is 0 Å². The minimum Gasteiger partial charge on any atom is -0.198 e. The minimum atomic E-state index is -0.136. The van der Waals surface area contributed by atoms with Crippen molar-refractivity contribution in [2.24, 2.45) is 5.41 Å². The van der Waals surface area contributed by atoms with Gasteiger partial charge < -0.3 is 0 Å². The van der Waals surface area contributed by atoms with Crippen LogP contribution in [0.2, 0.25) is 5.02 Å². The van der Waals surface area contributed by atoms with Crippen molar-refractivity contribution in [1.82, 2.24) is 0 Å². The summed E-state index contributed by atoms with van der Waals surface area (Å²) in [6.45, 7) is 0. The second-order valence-electron chi connectivity index (χ2n) is 4.76. The Bertz CT molecular complexity index is 399. The Morgan fingerprint density at radius 3 is 2.62 bits per heavy atom. The summed E-state index contributed by atoms with van der Waals surface area (Å²) in [5.41, 5.74) is 1.05. The van der Waals surface area contributed by atoms with Crippen molar-refractivity contribution in [3.8, 4) is 6.07 Å². The molecule has 0 aliphatic heterocycles. The van der Waals surface area contributed by atoms with Crippen LogP contribution in [0, 0.1) is 16.7 Å². The van der Waals surface area contributed by atoms with Gasteiger partial charge in [0.2, 0.25) is 0 Å². The van der Waals surface area contributed by atoms with Crippen LogP contribution in [0.5, 0.6) is 0 Å². The monoisotopic (exact) mass is 233 g/mol. The first-order chi connectivity index (χ1) is 7.74. The molecule has 0 atom stereocenters. The normalized spacial score (nSPS) is 19.0. The van der Waals surface area contributed by atoms with Gasteiger partial charge in [-0.1, -0.05) is 43.0 Å². The topological polar surface area (TPSA) is 23.8 Å². The molecule has 1 aromatic carbocycles. The first kappa shape index (κ1) is 11.5. The molecule has 0 saturated heterocycles. The van der Waals surface area contributed by atoms with Gasteiger partial charge in [0, 0.05) is 5.02 Å². The second-order valence-corrected chi connectivity index (χ2v) is 5.20. The van der Waals surface area contributed by atoms with Crippen molar-refractivity contribution >= 4 is 11.6 Å². The molecule has 1 fully saturated rings. The number of benzene rings is 1. The van der Waals surface area contributed by atoms with Gasteiger partial charge in [-0.2, -0.15) is 5.26 Å². The van der Waals surface area contributed by atoms with E-state index >= 15 is 0 Å². The number of hydrogen-bond donors (Lipinski definition) is 0. The van der Waals surface area contributed by atoms with E-state index in [4.69, 9.17) is 11.6 Å². The Hall–Kier alpha value is -1.00. The highest BCUT2D eigenvalue weighted by atomic mass is 35.5.